The first-order valence-corrected chi connectivity index (χ1v) is 8.95. The fourth-order valence-corrected chi connectivity index (χ4v) is 3.96. The maximum atomic E-state index is 6.27. The van der Waals surface area contributed by atoms with Gasteiger partial charge in [-0.25, -0.2) is 0 Å². The van der Waals surface area contributed by atoms with Crippen molar-refractivity contribution in [3.05, 3.63) is 60.1 Å². The number of morpholine rings is 1. The number of benzene rings is 1. The van der Waals surface area contributed by atoms with Crippen LogP contribution < -0.4 is 0 Å². The van der Waals surface area contributed by atoms with Crippen LogP contribution in [0.25, 0.3) is 0 Å². The second-order valence-electron chi connectivity index (χ2n) is 7.14. The van der Waals surface area contributed by atoms with Crippen LogP contribution in [0.4, 0.5) is 0 Å². The number of furan rings is 1. The van der Waals surface area contributed by atoms with Gasteiger partial charge in [0.25, 0.3) is 0 Å². The van der Waals surface area contributed by atoms with Gasteiger partial charge < -0.3 is 9.15 Å². The van der Waals surface area contributed by atoms with Crippen molar-refractivity contribution in [2.24, 2.45) is 0 Å². The Morgan fingerprint density at radius 3 is 2.42 bits per heavy atom. The van der Waals surface area contributed by atoms with E-state index in [0.29, 0.717) is 0 Å². The van der Waals surface area contributed by atoms with Crippen LogP contribution >= 0.6 is 0 Å². The van der Waals surface area contributed by atoms with E-state index < -0.39 is 0 Å². The molecule has 0 saturated carbocycles. The first-order valence-electron chi connectivity index (χ1n) is 8.95. The molecule has 24 heavy (non-hydrogen) atoms. The number of likely N-dealkylation sites (tertiary alicyclic amines) is 1. The zero-order valence-electron chi connectivity index (χ0n) is 14.2. The molecule has 1 aromatic heterocycles. The molecule has 128 valence electrons. The van der Waals surface area contributed by atoms with Crippen LogP contribution in [0.3, 0.4) is 0 Å². The molecule has 4 rings (SSSR count). The fraction of sp³-hybridized carbons (Fsp3) is 0.500. The predicted octanol–water partition coefficient (Wildman–Crippen LogP) is 3.15. The summed E-state index contributed by atoms with van der Waals surface area (Å²) >= 11 is 0. The minimum absolute atomic E-state index is 0.0555. The second kappa shape index (κ2) is 7.09. The molecule has 0 atom stereocenters. The molecule has 2 aliphatic rings. The van der Waals surface area contributed by atoms with Gasteiger partial charge in [-0.05, 0) is 24.5 Å². The zero-order valence-corrected chi connectivity index (χ0v) is 14.2. The lowest BCUT2D eigenvalue weighted by atomic mass is 9.89. The summed E-state index contributed by atoms with van der Waals surface area (Å²) in [7, 11) is 0. The van der Waals surface area contributed by atoms with E-state index in [2.05, 4.69) is 46.2 Å². The highest BCUT2D eigenvalue weighted by Gasteiger charge is 2.39. The summed E-state index contributed by atoms with van der Waals surface area (Å²) in [4.78, 5) is 5.07. The Labute approximate surface area is 144 Å². The Kier molecular flexibility index (Phi) is 4.69. The molecule has 0 aliphatic carbocycles. The molecule has 0 bridgehead atoms. The summed E-state index contributed by atoms with van der Waals surface area (Å²) in [5.74, 6) is 0. The van der Waals surface area contributed by atoms with Gasteiger partial charge in [-0.1, -0.05) is 30.3 Å². The van der Waals surface area contributed by atoms with Crippen molar-refractivity contribution < 1.29 is 9.15 Å². The molecule has 2 fully saturated rings. The van der Waals surface area contributed by atoms with Crippen molar-refractivity contribution in [1.82, 2.24) is 9.80 Å². The van der Waals surface area contributed by atoms with Gasteiger partial charge in [0.2, 0.25) is 0 Å². The highest BCUT2D eigenvalue weighted by molar-refractivity contribution is 5.14. The van der Waals surface area contributed by atoms with E-state index in [9.17, 15) is 0 Å². The van der Waals surface area contributed by atoms with Crippen molar-refractivity contribution in [1.29, 1.82) is 0 Å². The largest absolute Gasteiger partial charge is 0.472 e. The molecular weight excluding hydrogens is 300 g/mol. The first-order chi connectivity index (χ1) is 11.8. The maximum Gasteiger partial charge on any atom is 0.0947 e. The van der Waals surface area contributed by atoms with Gasteiger partial charge in [-0.15, -0.1) is 0 Å². The van der Waals surface area contributed by atoms with E-state index in [0.717, 1.165) is 58.7 Å². The maximum absolute atomic E-state index is 6.27. The Morgan fingerprint density at radius 2 is 1.67 bits per heavy atom. The Bertz CT molecular complexity index is 618. The van der Waals surface area contributed by atoms with Crippen LogP contribution in [-0.4, -0.2) is 48.2 Å². The molecule has 1 aromatic carbocycles. The SMILES string of the molecule is c1ccc(CN2CCOC3(CCN(Cc4ccoc4)CC3)C2)cc1. The van der Waals surface area contributed by atoms with Crippen molar-refractivity contribution in [2.45, 2.75) is 31.5 Å². The van der Waals surface area contributed by atoms with Gasteiger partial charge in [0.05, 0.1) is 24.7 Å². The van der Waals surface area contributed by atoms with Crippen LogP contribution in [0.1, 0.15) is 24.0 Å². The van der Waals surface area contributed by atoms with E-state index >= 15 is 0 Å². The molecule has 4 heteroatoms. The standard InChI is InChI=1S/C20H26N2O2/c1-2-4-18(5-3-1)14-22-11-13-24-20(17-22)7-9-21(10-8-20)15-19-6-12-23-16-19/h1-6,12,16H,7-11,13-15,17H2. The number of rotatable bonds is 4. The van der Waals surface area contributed by atoms with Crippen molar-refractivity contribution in [3.63, 3.8) is 0 Å². The van der Waals surface area contributed by atoms with Gasteiger partial charge in [0.15, 0.2) is 0 Å². The Balaban J connectivity index is 1.32. The molecule has 2 aromatic rings. The molecule has 4 nitrogen and oxygen atoms in total. The molecule has 2 aliphatic heterocycles. The fourth-order valence-electron chi connectivity index (χ4n) is 3.96. The molecular formula is C20H26N2O2. The first kappa shape index (κ1) is 15.9. The van der Waals surface area contributed by atoms with E-state index in [1.54, 1.807) is 6.26 Å². The third kappa shape index (κ3) is 3.72. The van der Waals surface area contributed by atoms with E-state index in [4.69, 9.17) is 9.15 Å². The summed E-state index contributed by atoms with van der Waals surface area (Å²) in [6.07, 6.45) is 5.85. The van der Waals surface area contributed by atoms with E-state index in [-0.39, 0.29) is 5.60 Å². The number of piperidine rings is 1. The van der Waals surface area contributed by atoms with Crippen molar-refractivity contribution in [2.75, 3.05) is 32.8 Å². The van der Waals surface area contributed by atoms with E-state index in [1.807, 2.05) is 6.26 Å². The molecule has 0 N–H and O–H groups in total. The average Bonchev–Trinajstić information content (AvgIpc) is 3.11. The minimum atomic E-state index is 0.0555. The molecule has 0 amide bonds. The van der Waals surface area contributed by atoms with Crippen LogP contribution in [0.2, 0.25) is 0 Å². The lowest BCUT2D eigenvalue weighted by Crippen LogP contribution is -2.56. The van der Waals surface area contributed by atoms with Crippen molar-refractivity contribution in [3.8, 4) is 0 Å². The summed E-state index contributed by atoms with van der Waals surface area (Å²) in [5, 5.41) is 0. The van der Waals surface area contributed by atoms with Crippen LogP contribution in [-0.2, 0) is 17.8 Å². The minimum Gasteiger partial charge on any atom is -0.472 e. The van der Waals surface area contributed by atoms with Crippen LogP contribution in [0, 0.1) is 0 Å². The Morgan fingerprint density at radius 1 is 0.875 bits per heavy atom. The second-order valence-corrected chi connectivity index (χ2v) is 7.14. The van der Waals surface area contributed by atoms with Gasteiger partial charge >= 0.3 is 0 Å². The third-order valence-electron chi connectivity index (χ3n) is 5.33. The van der Waals surface area contributed by atoms with Gasteiger partial charge in [-0.3, -0.25) is 9.80 Å². The highest BCUT2D eigenvalue weighted by Crippen LogP contribution is 2.31. The van der Waals surface area contributed by atoms with Crippen molar-refractivity contribution >= 4 is 0 Å². The number of hydrogen-bond acceptors (Lipinski definition) is 4. The molecule has 2 saturated heterocycles. The lowest BCUT2D eigenvalue weighted by Gasteiger charge is -2.47. The van der Waals surface area contributed by atoms with E-state index in [1.165, 1.54) is 11.1 Å². The molecule has 3 heterocycles. The van der Waals surface area contributed by atoms with Gasteiger partial charge in [0, 0.05) is 44.8 Å². The lowest BCUT2D eigenvalue weighted by molar-refractivity contribution is -0.138. The van der Waals surface area contributed by atoms with Gasteiger partial charge in [0.1, 0.15) is 0 Å². The number of ether oxygens (including phenoxy) is 1. The number of hydrogen-bond donors (Lipinski definition) is 0. The molecule has 0 radical (unpaired) electrons. The molecule has 1 spiro atoms. The summed E-state index contributed by atoms with van der Waals surface area (Å²) in [5.41, 5.74) is 2.72. The van der Waals surface area contributed by atoms with Gasteiger partial charge in [-0.2, -0.15) is 0 Å². The Hall–Kier alpha value is -1.62. The summed E-state index contributed by atoms with van der Waals surface area (Å²) < 4.78 is 11.4. The zero-order chi connectivity index (χ0) is 16.2. The third-order valence-corrected chi connectivity index (χ3v) is 5.33. The normalized spacial score (nSPS) is 22.0. The average molecular weight is 326 g/mol. The smallest absolute Gasteiger partial charge is 0.0947 e. The summed E-state index contributed by atoms with van der Waals surface area (Å²) in [6, 6.07) is 12.8. The quantitative estimate of drug-likeness (QED) is 0.863. The topological polar surface area (TPSA) is 28.9 Å². The monoisotopic (exact) mass is 326 g/mol. The highest BCUT2D eigenvalue weighted by atomic mass is 16.5. The van der Waals surface area contributed by atoms with Crippen LogP contribution in [0.5, 0.6) is 0 Å². The summed E-state index contributed by atoms with van der Waals surface area (Å²) in [6.45, 7) is 7.17. The number of nitrogens with zero attached hydrogens (tertiary/aromatic N) is 2. The van der Waals surface area contributed by atoms with Crippen LogP contribution in [0.15, 0.2) is 53.3 Å². The predicted molar refractivity (Wildman–Crippen MR) is 93.6 cm³/mol. The molecule has 0 unspecified atom stereocenters.